The van der Waals surface area contributed by atoms with Gasteiger partial charge in [0.25, 0.3) is 0 Å². The van der Waals surface area contributed by atoms with Gasteiger partial charge in [-0.25, -0.2) is 4.98 Å². The van der Waals surface area contributed by atoms with Crippen molar-refractivity contribution in [3.63, 3.8) is 0 Å². The molecule has 0 aliphatic rings. The minimum Gasteiger partial charge on any atom is -0.366 e. The van der Waals surface area contributed by atoms with Crippen molar-refractivity contribution < 1.29 is 0 Å². The van der Waals surface area contributed by atoms with E-state index in [2.05, 4.69) is 28.9 Å². The Morgan fingerprint density at radius 1 is 1.06 bits per heavy atom. The first-order valence-electron chi connectivity index (χ1n) is 5.71. The molecule has 3 heteroatoms. The third kappa shape index (κ3) is 3.21. The normalized spacial score (nSPS) is 10.2. The summed E-state index contributed by atoms with van der Waals surface area (Å²) in [6.45, 7) is 3.86. The second-order valence-electron chi connectivity index (χ2n) is 3.80. The molecule has 0 spiro atoms. The molecule has 2 aromatic rings. The highest BCUT2D eigenvalue weighted by Gasteiger charge is 2.05. The number of rotatable bonds is 4. The number of anilines is 1. The van der Waals surface area contributed by atoms with Gasteiger partial charge in [0.15, 0.2) is 0 Å². The lowest BCUT2D eigenvalue weighted by Crippen LogP contribution is -2.22. The monoisotopic (exact) mass is 246 g/mol. The first-order chi connectivity index (χ1) is 8.29. The van der Waals surface area contributed by atoms with Gasteiger partial charge in [0.2, 0.25) is 0 Å². The molecule has 0 radical (unpaired) electrons. The van der Waals surface area contributed by atoms with Crippen LogP contribution in [0.1, 0.15) is 12.6 Å². The molecule has 0 fully saturated rings. The number of hydrogen-bond donors (Lipinski definition) is 0. The Morgan fingerprint density at radius 3 is 2.47 bits per heavy atom. The van der Waals surface area contributed by atoms with Crippen LogP contribution in [-0.4, -0.2) is 11.5 Å². The zero-order chi connectivity index (χ0) is 12.1. The number of para-hydroxylation sites is 1. The summed E-state index contributed by atoms with van der Waals surface area (Å²) in [4.78, 5) is 6.57. The van der Waals surface area contributed by atoms with E-state index in [-0.39, 0.29) is 0 Å². The van der Waals surface area contributed by atoms with E-state index in [9.17, 15) is 0 Å². The summed E-state index contributed by atoms with van der Waals surface area (Å²) in [5.41, 5.74) is 2.19. The Labute approximate surface area is 107 Å². The molecule has 17 heavy (non-hydrogen) atoms. The van der Waals surface area contributed by atoms with Crippen LogP contribution < -0.4 is 4.90 Å². The first-order valence-corrected chi connectivity index (χ1v) is 6.09. The molecule has 0 aliphatic heterocycles. The van der Waals surface area contributed by atoms with E-state index in [1.54, 1.807) is 6.07 Å². The van der Waals surface area contributed by atoms with Gasteiger partial charge < -0.3 is 4.90 Å². The molecule has 0 N–H and O–H groups in total. The van der Waals surface area contributed by atoms with Crippen LogP contribution in [0.25, 0.3) is 0 Å². The fourth-order valence-electron chi connectivity index (χ4n) is 1.76. The van der Waals surface area contributed by atoms with E-state index in [4.69, 9.17) is 11.6 Å². The summed E-state index contributed by atoms with van der Waals surface area (Å²) in [5, 5.41) is 0.548. The number of aromatic nitrogens is 1. The zero-order valence-corrected chi connectivity index (χ0v) is 10.6. The molecule has 0 atom stereocenters. The standard InChI is InChI=1S/C14H15ClN2/c1-2-17(13-8-4-3-5-9-13)11-12-7-6-10-14(15)16-12/h3-10H,2,11H2,1H3. The van der Waals surface area contributed by atoms with Crippen LogP contribution in [0, 0.1) is 0 Å². The quantitative estimate of drug-likeness (QED) is 0.764. The van der Waals surface area contributed by atoms with E-state index in [1.165, 1.54) is 5.69 Å². The van der Waals surface area contributed by atoms with Crippen molar-refractivity contribution in [1.29, 1.82) is 0 Å². The van der Waals surface area contributed by atoms with Gasteiger partial charge >= 0.3 is 0 Å². The smallest absolute Gasteiger partial charge is 0.129 e. The zero-order valence-electron chi connectivity index (χ0n) is 9.81. The lowest BCUT2D eigenvalue weighted by atomic mass is 10.2. The van der Waals surface area contributed by atoms with Crippen LogP contribution in [0.2, 0.25) is 5.15 Å². The summed E-state index contributed by atoms with van der Waals surface area (Å²) >= 11 is 5.89. The van der Waals surface area contributed by atoms with Crippen LogP contribution in [0.5, 0.6) is 0 Å². The molecule has 1 aromatic carbocycles. The van der Waals surface area contributed by atoms with Gasteiger partial charge in [-0.05, 0) is 31.2 Å². The summed E-state index contributed by atoms with van der Waals surface area (Å²) in [6.07, 6.45) is 0. The minimum absolute atomic E-state index is 0.548. The predicted molar refractivity (Wildman–Crippen MR) is 72.4 cm³/mol. The Balaban J connectivity index is 2.16. The fraction of sp³-hybridized carbons (Fsp3) is 0.214. The number of nitrogens with zero attached hydrogens (tertiary/aromatic N) is 2. The first kappa shape index (κ1) is 11.9. The van der Waals surface area contributed by atoms with Crippen LogP contribution in [0.15, 0.2) is 48.5 Å². The van der Waals surface area contributed by atoms with Crippen molar-refractivity contribution in [3.05, 3.63) is 59.4 Å². The maximum absolute atomic E-state index is 5.89. The van der Waals surface area contributed by atoms with Gasteiger partial charge in [0, 0.05) is 12.2 Å². The number of hydrogen-bond acceptors (Lipinski definition) is 2. The molecule has 0 bridgehead atoms. The molecular weight excluding hydrogens is 232 g/mol. The van der Waals surface area contributed by atoms with E-state index in [1.807, 2.05) is 30.3 Å². The largest absolute Gasteiger partial charge is 0.366 e. The Kier molecular flexibility index (Phi) is 3.99. The summed E-state index contributed by atoms with van der Waals surface area (Å²) < 4.78 is 0. The molecule has 0 unspecified atom stereocenters. The molecule has 0 saturated heterocycles. The average Bonchev–Trinajstić information content (AvgIpc) is 2.37. The topological polar surface area (TPSA) is 16.1 Å². The van der Waals surface area contributed by atoms with Gasteiger partial charge in [-0.1, -0.05) is 35.9 Å². The molecule has 0 aliphatic carbocycles. The van der Waals surface area contributed by atoms with Crippen molar-refractivity contribution in [2.45, 2.75) is 13.5 Å². The lowest BCUT2D eigenvalue weighted by Gasteiger charge is -2.22. The third-order valence-corrected chi connectivity index (χ3v) is 2.84. The van der Waals surface area contributed by atoms with Crippen LogP contribution in [0.4, 0.5) is 5.69 Å². The van der Waals surface area contributed by atoms with Gasteiger partial charge in [-0.3, -0.25) is 0 Å². The molecule has 1 aromatic heterocycles. The highest BCUT2D eigenvalue weighted by molar-refractivity contribution is 6.29. The predicted octanol–water partition coefficient (Wildman–Crippen LogP) is 3.76. The Morgan fingerprint density at radius 2 is 1.82 bits per heavy atom. The molecule has 0 saturated carbocycles. The number of benzene rings is 1. The van der Waals surface area contributed by atoms with Crippen LogP contribution in [0.3, 0.4) is 0 Å². The molecule has 1 heterocycles. The fourth-order valence-corrected chi connectivity index (χ4v) is 1.94. The maximum Gasteiger partial charge on any atom is 0.129 e. The Bertz CT molecular complexity index is 471. The maximum atomic E-state index is 5.89. The minimum atomic E-state index is 0.548. The molecule has 88 valence electrons. The lowest BCUT2D eigenvalue weighted by molar-refractivity contribution is 0.810. The van der Waals surface area contributed by atoms with E-state index in [0.717, 1.165) is 18.8 Å². The molecular formula is C14H15ClN2. The van der Waals surface area contributed by atoms with Crippen molar-refractivity contribution in [2.24, 2.45) is 0 Å². The van der Waals surface area contributed by atoms with E-state index < -0.39 is 0 Å². The van der Waals surface area contributed by atoms with Crippen molar-refractivity contribution >= 4 is 17.3 Å². The summed E-state index contributed by atoms with van der Waals surface area (Å²) in [6, 6.07) is 16.1. The second kappa shape index (κ2) is 5.69. The number of halogens is 1. The van der Waals surface area contributed by atoms with Crippen LogP contribution >= 0.6 is 11.6 Å². The van der Waals surface area contributed by atoms with Crippen molar-refractivity contribution in [1.82, 2.24) is 4.98 Å². The highest BCUT2D eigenvalue weighted by atomic mass is 35.5. The number of pyridine rings is 1. The van der Waals surface area contributed by atoms with E-state index >= 15 is 0 Å². The van der Waals surface area contributed by atoms with Gasteiger partial charge in [-0.15, -0.1) is 0 Å². The molecule has 2 rings (SSSR count). The summed E-state index contributed by atoms with van der Waals surface area (Å²) in [7, 11) is 0. The highest BCUT2D eigenvalue weighted by Crippen LogP contribution is 2.16. The summed E-state index contributed by atoms with van der Waals surface area (Å²) in [5.74, 6) is 0. The molecule has 2 nitrogen and oxygen atoms in total. The van der Waals surface area contributed by atoms with Gasteiger partial charge in [0.1, 0.15) is 5.15 Å². The SMILES string of the molecule is CCN(Cc1cccc(Cl)n1)c1ccccc1. The van der Waals surface area contributed by atoms with Crippen molar-refractivity contribution in [2.75, 3.05) is 11.4 Å². The van der Waals surface area contributed by atoms with Gasteiger partial charge in [-0.2, -0.15) is 0 Å². The second-order valence-corrected chi connectivity index (χ2v) is 4.19. The van der Waals surface area contributed by atoms with E-state index in [0.29, 0.717) is 5.15 Å². The third-order valence-electron chi connectivity index (χ3n) is 2.63. The molecule has 0 amide bonds. The van der Waals surface area contributed by atoms with Crippen LogP contribution in [-0.2, 0) is 6.54 Å². The Hall–Kier alpha value is -1.54. The average molecular weight is 247 g/mol. The van der Waals surface area contributed by atoms with Gasteiger partial charge in [0.05, 0.1) is 12.2 Å². The van der Waals surface area contributed by atoms with Crippen molar-refractivity contribution in [3.8, 4) is 0 Å².